The third-order valence-corrected chi connectivity index (χ3v) is 5.07. The fourth-order valence-electron chi connectivity index (χ4n) is 2.81. The molecule has 0 saturated carbocycles. The molecule has 0 amide bonds. The summed E-state index contributed by atoms with van der Waals surface area (Å²) in [5.41, 5.74) is 4.34. The Balaban J connectivity index is 1.62. The Morgan fingerprint density at radius 2 is 2.11 bits per heavy atom. The summed E-state index contributed by atoms with van der Waals surface area (Å²) < 4.78 is 0. The first-order chi connectivity index (χ1) is 9.26. The highest BCUT2D eigenvalue weighted by molar-refractivity contribution is 7.10. The van der Waals surface area contributed by atoms with E-state index in [2.05, 4.69) is 35.8 Å². The molecule has 100 valence electrons. The third kappa shape index (κ3) is 2.86. The van der Waals surface area contributed by atoms with Crippen molar-refractivity contribution < 1.29 is 0 Å². The van der Waals surface area contributed by atoms with Gasteiger partial charge in [-0.1, -0.05) is 24.6 Å². The molecule has 1 aromatic heterocycles. The Kier molecular flexibility index (Phi) is 3.92. The average molecular weight is 292 g/mol. The summed E-state index contributed by atoms with van der Waals surface area (Å²) in [7, 11) is 0. The molecular formula is C16H18ClNS. The number of aryl methyl sites for hydroxylation is 1. The van der Waals surface area contributed by atoms with E-state index < -0.39 is 0 Å². The van der Waals surface area contributed by atoms with Gasteiger partial charge in [-0.05, 0) is 59.5 Å². The van der Waals surface area contributed by atoms with E-state index in [-0.39, 0.29) is 0 Å². The van der Waals surface area contributed by atoms with Gasteiger partial charge in [0.1, 0.15) is 0 Å². The molecule has 1 atom stereocenters. The monoisotopic (exact) mass is 291 g/mol. The number of fused-ring (bicyclic) bond motifs is 1. The first-order valence-electron chi connectivity index (χ1n) is 6.82. The van der Waals surface area contributed by atoms with Gasteiger partial charge in [-0.15, -0.1) is 11.3 Å². The van der Waals surface area contributed by atoms with Crippen molar-refractivity contribution in [3.8, 4) is 0 Å². The van der Waals surface area contributed by atoms with E-state index in [9.17, 15) is 0 Å². The zero-order chi connectivity index (χ0) is 13.2. The molecular weight excluding hydrogens is 274 g/mol. The van der Waals surface area contributed by atoms with E-state index in [0.717, 1.165) is 30.8 Å². The predicted molar refractivity (Wildman–Crippen MR) is 83.2 cm³/mol. The van der Waals surface area contributed by atoms with Crippen LogP contribution in [-0.4, -0.2) is 6.04 Å². The summed E-state index contributed by atoms with van der Waals surface area (Å²) in [6.45, 7) is 3.21. The molecule has 1 nitrogen and oxygen atoms in total. The highest BCUT2D eigenvalue weighted by atomic mass is 35.5. The fraction of sp³-hybridized carbons (Fsp3) is 0.375. The van der Waals surface area contributed by atoms with Gasteiger partial charge in [-0.3, -0.25) is 0 Å². The maximum absolute atomic E-state index is 6.05. The molecule has 19 heavy (non-hydrogen) atoms. The Morgan fingerprint density at radius 1 is 1.26 bits per heavy atom. The largest absolute Gasteiger partial charge is 0.308 e. The quantitative estimate of drug-likeness (QED) is 0.889. The van der Waals surface area contributed by atoms with E-state index in [0.29, 0.717) is 6.04 Å². The minimum atomic E-state index is 0.556. The Hall–Kier alpha value is -0.830. The van der Waals surface area contributed by atoms with Gasteiger partial charge in [0.25, 0.3) is 0 Å². The molecule has 0 saturated heterocycles. The van der Waals surface area contributed by atoms with Gasteiger partial charge in [-0.2, -0.15) is 0 Å². The Morgan fingerprint density at radius 3 is 2.95 bits per heavy atom. The molecule has 0 bridgehead atoms. The second-order valence-electron chi connectivity index (χ2n) is 5.12. The summed E-state index contributed by atoms with van der Waals surface area (Å²) in [4.78, 5) is 1.48. The summed E-state index contributed by atoms with van der Waals surface area (Å²) in [6, 6.07) is 9.07. The van der Waals surface area contributed by atoms with Crippen molar-refractivity contribution in [1.82, 2.24) is 5.32 Å². The van der Waals surface area contributed by atoms with Crippen LogP contribution in [0.15, 0.2) is 29.6 Å². The maximum atomic E-state index is 6.05. The van der Waals surface area contributed by atoms with Crippen LogP contribution in [0.4, 0.5) is 0 Å². The number of benzene rings is 1. The summed E-state index contributed by atoms with van der Waals surface area (Å²) in [6.07, 6.45) is 3.35. The van der Waals surface area contributed by atoms with Crippen LogP contribution in [0.5, 0.6) is 0 Å². The van der Waals surface area contributed by atoms with Gasteiger partial charge in [0.2, 0.25) is 0 Å². The highest BCUT2D eigenvalue weighted by Gasteiger charge is 2.21. The van der Waals surface area contributed by atoms with E-state index >= 15 is 0 Å². The first-order valence-corrected chi connectivity index (χ1v) is 8.08. The first kappa shape index (κ1) is 13.2. The molecule has 0 aliphatic heterocycles. The van der Waals surface area contributed by atoms with Gasteiger partial charge in [0, 0.05) is 22.5 Å². The van der Waals surface area contributed by atoms with Gasteiger partial charge in [0.05, 0.1) is 0 Å². The van der Waals surface area contributed by atoms with Crippen molar-refractivity contribution >= 4 is 22.9 Å². The number of thiophene rings is 1. The molecule has 1 aliphatic carbocycles. The molecule has 3 heteroatoms. The van der Waals surface area contributed by atoms with Crippen molar-refractivity contribution in [3.63, 3.8) is 0 Å². The third-order valence-electron chi connectivity index (χ3n) is 3.87. The summed E-state index contributed by atoms with van der Waals surface area (Å²) in [5, 5.41) is 6.74. The Labute approximate surface area is 123 Å². The topological polar surface area (TPSA) is 12.0 Å². The molecule has 2 aromatic rings. The maximum Gasteiger partial charge on any atom is 0.0408 e. The molecule has 0 radical (unpaired) electrons. The van der Waals surface area contributed by atoms with Gasteiger partial charge in [0.15, 0.2) is 0 Å². The number of rotatable bonds is 4. The summed E-state index contributed by atoms with van der Waals surface area (Å²) in [5.74, 6) is 0. The van der Waals surface area contributed by atoms with E-state index in [1.54, 1.807) is 0 Å². The van der Waals surface area contributed by atoms with Crippen molar-refractivity contribution in [2.45, 2.75) is 38.8 Å². The lowest BCUT2D eigenvalue weighted by Gasteiger charge is -2.11. The number of halogens is 1. The molecule has 1 unspecified atom stereocenters. The van der Waals surface area contributed by atoms with Gasteiger partial charge in [-0.25, -0.2) is 0 Å². The SMILES string of the molecule is CCc1ccsc1CNC1Cc2ccc(Cl)cc2C1. The lowest BCUT2D eigenvalue weighted by Crippen LogP contribution is -2.28. The highest BCUT2D eigenvalue weighted by Crippen LogP contribution is 2.26. The lowest BCUT2D eigenvalue weighted by atomic mass is 10.1. The average Bonchev–Trinajstić information content (AvgIpc) is 3.01. The van der Waals surface area contributed by atoms with E-state index in [4.69, 9.17) is 11.6 Å². The number of hydrogen-bond acceptors (Lipinski definition) is 2. The molecule has 1 heterocycles. The zero-order valence-electron chi connectivity index (χ0n) is 11.1. The van der Waals surface area contributed by atoms with Crippen LogP contribution in [0.25, 0.3) is 0 Å². The molecule has 0 spiro atoms. The second-order valence-corrected chi connectivity index (χ2v) is 6.56. The van der Waals surface area contributed by atoms with Crippen molar-refractivity contribution in [3.05, 3.63) is 56.2 Å². The lowest BCUT2D eigenvalue weighted by molar-refractivity contribution is 0.535. The predicted octanol–water partition coefficient (Wildman–Crippen LogP) is 4.22. The zero-order valence-corrected chi connectivity index (χ0v) is 12.7. The van der Waals surface area contributed by atoms with Crippen LogP contribution in [0.2, 0.25) is 5.02 Å². The van der Waals surface area contributed by atoms with Crippen LogP contribution < -0.4 is 5.32 Å². The smallest absolute Gasteiger partial charge is 0.0408 e. The van der Waals surface area contributed by atoms with Crippen LogP contribution in [0, 0.1) is 0 Å². The standard InChI is InChI=1S/C16H18ClNS/c1-2-11-5-6-19-16(11)10-18-15-8-12-3-4-14(17)7-13(12)9-15/h3-7,15,18H,2,8-10H2,1H3. The molecule has 1 aromatic carbocycles. The van der Waals surface area contributed by atoms with E-state index in [1.807, 2.05) is 17.4 Å². The van der Waals surface area contributed by atoms with Gasteiger partial charge >= 0.3 is 0 Å². The normalized spacial score (nSPS) is 17.7. The van der Waals surface area contributed by atoms with Crippen LogP contribution >= 0.6 is 22.9 Å². The Bertz CT molecular complexity index is 576. The van der Waals surface area contributed by atoms with Gasteiger partial charge < -0.3 is 5.32 Å². The minimum absolute atomic E-state index is 0.556. The van der Waals surface area contributed by atoms with Crippen LogP contribution in [0.3, 0.4) is 0 Å². The van der Waals surface area contributed by atoms with Crippen molar-refractivity contribution in [2.24, 2.45) is 0 Å². The molecule has 1 N–H and O–H groups in total. The molecule has 3 rings (SSSR count). The van der Waals surface area contributed by atoms with E-state index in [1.165, 1.54) is 21.6 Å². The number of hydrogen-bond donors (Lipinski definition) is 1. The van der Waals surface area contributed by atoms with Crippen LogP contribution in [-0.2, 0) is 25.8 Å². The second kappa shape index (κ2) is 5.66. The summed E-state index contributed by atoms with van der Waals surface area (Å²) >= 11 is 7.91. The molecule has 1 aliphatic rings. The van der Waals surface area contributed by atoms with Crippen molar-refractivity contribution in [2.75, 3.05) is 0 Å². The number of nitrogens with one attached hydrogen (secondary N) is 1. The van der Waals surface area contributed by atoms with Crippen LogP contribution in [0.1, 0.15) is 28.5 Å². The minimum Gasteiger partial charge on any atom is -0.308 e. The molecule has 0 fully saturated rings. The van der Waals surface area contributed by atoms with Crippen molar-refractivity contribution in [1.29, 1.82) is 0 Å². The fourth-order valence-corrected chi connectivity index (χ4v) is 3.93.